The number of halogens is 1. The fourth-order valence-corrected chi connectivity index (χ4v) is 2.74. The summed E-state index contributed by atoms with van der Waals surface area (Å²) in [5.74, 6) is 0.809. The second kappa shape index (κ2) is 10.7. The summed E-state index contributed by atoms with van der Waals surface area (Å²) in [5, 5.41) is 11.2. The number of aryl methyl sites for hydroxylation is 1. The van der Waals surface area contributed by atoms with Gasteiger partial charge in [0.2, 0.25) is 0 Å². The lowest BCUT2D eigenvalue weighted by atomic mass is 10.1. The summed E-state index contributed by atoms with van der Waals surface area (Å²) in [6.07, 6.45) is 4.87. The first-order valence-corrected chi connectivity index (χ1v) is 8.84. The summed E-state index contributed by atoms with van der Waals surface area (Å²) in [7, 11) is 1.79. The molecule has 0 aliphatic carbocycles. The first kappa shape index (κ1) is 21.0. The van der Waals surface area contributed by atoms with Crippen LogP contribution >= 0.6 is 24.0 Å². The van der Waals surface area contributed by atoms with Crippen LogP contribution in [-0.4, -0.2) is 29.3 Å². The highest BCUT2D eigenvalue weighted by Gasteiger charge is 2.03. The van der Waals surface area contributed by atoms with Crippen molar-refractivity contribution < 1.29 is 0 Å². The Bertz CT molecular complexity index is 858. The Kier molecular flexibility index (Phi) is 8.32. The van der Waals surface area contributed by atoms with Crippen LogP contribution in [0.4, 0.5) is 0 Å². The van der Waals surface area contributed by atoms with Gasteiger partial charge < -0.3 is 10.6 Å². The monoisotopic (exact) mass is 475 g/mol. The summed E-state index contributed by atoms with van der Waals surface area (Å²) in [6, 6.07) is 18.5. The maximum absolute atomic E-state index is 4.43. The largest absolute Gasteiger partial charge is 0.356 e. The first-order valence-electron chi connectivity index (χ1n) is 8.84. The van der Waals surface area contributed by atoms with Crippen LogP contribution < -0.4 is 10.6 Å². The van der Waals surface area contributed by atoms with E-state index >= 15 is 0 Å². The van der Waals surface area contributed by atoms with E-state index in [9.17, 15) is 0 Å². The Hall–Kier alpha value is -2.35. The van der Waals surface area contributed by atoms with Crippen LogP contribution in [0.1, 0.15) is 16.7 Å². The van der Waals surface area contributed by atoms with Crippen molar-refractivity contribution in [1.82, 2.24) is 20.4 Å². The Labute approximate surface area is 177 Å². The molecular formula is C21H26IN5. The van der Waals surface area contributed by atoms with Crippen molar-refractivity contribution >= 4 is 29.9 Å². The highest BCUT2D eigenvalue weighted by molar-refractivity contribution is 14.0. The second-order valence-electron chi connectivity index (χ2n) is 6.16. The molecule has 0 unspecified atom stereocenters. The van der Waals surface area contributed by atoms with Crippen LogP contribution in [0, 0.1) is 6.92 Å². The van der Waals surface area contributed by atoms with E-state index in [0.29, 0.717) is 0 Å². The molecule has 0 amide bonds. The molecule has 1 heterocycles. The van der Waals surface area contributed by atoms with Gasteiger partial charge >= 0.3 is 0 Å². The van der Waals surface area contributed by atoms with Crippen LogP contribution in [0.5, 0.6) is 0 Å². The Morgan fingerprint density at radius 3 is 2.52 bits per heavy atom. The molecule has 2 N–H and O–H groups in total. The molecule has 0 spiro atoms. The highest BCUT2D eigenvalue weighted by Crippen LogP contribution is 2.08. The lowest BCUT2D eigenvalue weighted by Crippen LogP contribution is -2.37. The third-order valence-corrected chi connectivity index (χ3v) is 4.29. The molecule has 142 valence electrons. The Balaban J connectivity index is 0.00000261. The molecule has 0 saturated heterocycles. The molecular weight excluding hydrogens is 449 g/mol. The topological polar surface area (TPSA) is 54.2 Å². The van der Waals surface area contributed by atoms with E-state index in [2.05, 4.69) is 58.1 Å². The summed E-state index contributed by atoms with van der Waals surface area (Å²) < 4.78 is 1.90. The molecule has 0 aliphatic heterocycles. The normalized spacial score (nSPS) is 11.0. The summed E-state index contributed by atoms with van der Waals surface area (Å²) in [5.41, 5.74) is 4.82. The fraction of sp³-hybridized carbons (Fsp3) is 0.238. The van der Waals surface area contributed by atoms with E-state index in [1.54, 1.807) is 7.05 Å². The number of guanidine groups is 1. The van der Waals surface area contributed by atoms with E-state index in [0.717, 1.165) is 31.2 Å². The van der Waals surface area contributed by atoms with E-state index < -0.39 is 0 Å². The maximum atomic E-state index is 4.43. The van der Waals surface area contributed by atoms with Gasteiger partial charge in [0.25, 0.3) is 0 Å². The number of rotatable bonds is 6. The van der Waals surface area contributed by atoms with E-state index in [-0.39, 0.29) is 24.0 Å². The van der Waals surface area contributed by atoms with Gasteiger partial charge in [-0.3, -0.25) is 4.99 Å². The molecule has 0 radical (unpaired) electrons. The lowest BCUT2D eigenvalue weighted by molar-refractivity contribution is 0.792. The van der Waals surface area contributed by atoms with Gasteiger partial charge in [0.15, 0.2) is 5.96 Å². The molecule has 2 aromatic carbocycles. The maximum Gasteiger partial charge on any atom is 0.191 e. The standard InChI is InChI=1S/C21H25N5.HI/c1-17-8-6-7-9-19(17)15-24-21(22-2)23-13-12-18-14-25-26(16-18)20-10-4-3-5-11-20;/h3-11,14,16H,12-13,15H2,1-2H3,(H2,22,23,24);1H. The zero-order valence-corrected chi connectivity index (χ0v) is 18.1. The molecule has 0 atom stereocenters. The summed E-state index contributed by atoms with van der Waals surface area (Å²) in [6.45, 7) is 3.68. The number of hydrogen-bond donors (Lipinski definition) is 2. The van der Waals surface area contributed by atoms with Gasteiger partial charge in [0, 0.05) is 26.3 Å². The van der Waals surface area contributed by atoms with Crippen molar-refractivity contribution in [1.29, 1.82) is 0 Å². The minimum atomic E-state index is 0. The summed E-state index contributed by atoms with van der Waals surface area (Å²) in [4.78, 5) is 4.29. The number of hydrogen-bond acceptors (Lipinski definition) is 2. The van der Waals surface area contributed by atoms with Crippen molar-refractivity contribution in [3.63, 3.8) is 0 Å². The van der Waals surface area contributed by atoms with Crippen LogP contribution in [0.15, 0.2) is 72.0 Å². The third kappa shape index (κ3) is 6.09. The highest BCUT2D eigenvalue weighted by atomic mass is 127. The van der Waals surface area contributed by atoms with Crippen LogP contribution in [0.25, 0.3) is 5.69 Å². The number of nitrogens with zero attached hydrogens (tertiary/aromatic N) is 3. The van der Waals surface area contributed by atoms with Gasteiger partial charge in [-0.15, -0.1) is 24.0 Å². The molecule has 0 bridgehead atoms. The van der Waals surface area contributed by atoms with Gasteiger partial charge in [-0.1, -0.05) is 42.5 Å². The average molecular weight is 475 g/mol. The predicted octanol–water partition coefficient (Wildman–Crippen LogP) is 3.71. The van der Waals surface area contributed by atoms with Gasteiger partial charge in [-0.2, -0.15) is 5.10 Å². The predicted molar refractivity (Wildman–Crippen MR) is 122 cm³/mol. The molecule has 5 nitrogen and oxygen atoms in total. The number of nitrogens with one attached hydrogen (secondary N) is 2. The van der Waals surface area contributed by atoms with Crippen molar-refractivity contribution in [2.75, 3.05) is 13.6 Å². The van der Waals surface area contributed by atoms with Crippen LogP contribution in [0.3, 0.4) is 0 Å². The van der Waals surface area contributed by atoms with Gasteiger partial charge in [-0.25, -0.2) is 4.68 Å². The van der Waals surface area contributed by atoms with Crippen LogP contribution in [0.2, 0.25) is 0 Å². The van der Waals surface area contributed by atoms with Gasteiger partial charge in [0.1, 0.15) is 0 Å². The van der Waals surface area contributed by atoms with E-state index in [1.807, 2.05) is 41.2 Å². The Morgan fingerprint density at radius 1 is 1.04 bits per heavy atom. The second-order valence-corrected chi connectivity index (χ2v) is 6.16. The molecule has 27 heavy (non-hydrogen) atoms. The number of benzene rings is 2. The van der Waals surface area contributed by atoms with Crippen molar-refractivity contribution in [2.45, 2.75) is 19.9 Å². The third-order valence-electron chi connectivity index (χ3n) is 4.29. The number of para-hydroxylation sites is 1. The average Bonchev–Trinajstić information content (AvgIpc) is 3.15. The van der Waals surface area contributed by atoms with E-state index in [4.69, 9.17) is 0 Å². The SMILES string of the molecule is CN=C(NCCc1cnn(-c2ccccc2)c1)NCc1ccccc1C.I. The van der Waals surface area contributed by atoms with Crippen LogP contribution in [-0.2, 0) is 13.0 Å². The molecule has 3 aromatic rings. The molecule has 0 aliphatic rings. The lowest BCUT2D eigenvalue weighted by Gasteiger charge is -2.12. The molecule has 0 saturated carbocycles. The van der Waals surface area contributed by atoms with Crippen molar-refractivity contribution in [3.8, 4) is 5.69 Å². The van der Waals surface area contributed by atoms with Crippen molar-refractivity contribution in [2.24, 2.45) is 4.99 Å². The fourth-order valence-electron chi connectivity index (χ4n) is 2.74. The zero-order valence-electron chi connectivity index (χ0n) is 15.7. The summed E-state index contributed by atoms with van der Waals surface area (Å²) >= 11 is 0. The van der Waals surface area contributed by atoms with Gasteiger partial charge in [-0.05, 0) is 42.2 Å². The number of aromatic nitrogens is 2. The van der Waals surface area contributed by atoms with E-state index in [1.165, 1.54) is 16.7 Å². The Morgan fingerprint density at radius 2 is 1.78 bits per heavy atom. The molecule has 6 heteroatoms. The zero-order chi connectivity index (χ0) is 18.2. The first-order chi connectivity index (χ1) is 12.8. The van der Waals surface area contributed by atoms with Gasteiger partial charge in [0.05, 0.1) is 11.9 Å². The van der Waals surface area contributed by atoms with Crippen molar-refractivity contribution in [3.05, 3.63) is 83.7 Å². The number of aliphatic imine (C=N–C) groups is 1. The molecule has 3 rings (SSSR count). The molecule has 1 aromatic heterocycles. The minimum absolute atomic E-state index is 0. The quantitative estimate of drug-likeness (QED) is 0.325. The minimum Gasteiger partial charge on any atom is -0.356 e. The smallest absolute Gasteiger partial charge is 0.191 e. The molecule has 0 fully saturated rings.